The van der Waals surface area contributed by atoms with E-state index in [2.05, 4.69) is 24.1 Å². The van der Waals surface area contributed by atoms with Crippen molar-refractivity contribution >= 4 is 5.91 Å². The van der Waals surface area contributed by atoms with E-state index in [1.54, 1.807) is 0 Å². The summed E-state index contributed by atoms with van der Waals surface area (Å²) in [6, 6.07) is 0.529. The van der Waals surface area contributed by atoms with Crippen LogP contribution in [0, 0.1) is 5.92 Å². The molecule has 4 nitrogen and oxygen atoms in total. The second-order valence-electron chi connectivity index (χ2n) is 6.08. The molecule has 1 aliphatic heterocycles. The van der Waals surface area contributed by atoms with Crippen LogP contribution in [-0.4, -0.2) is 61.5 Å². The van der Waals surface area contributed by atoms with Crippen LogP contribution in [0.5, 0.6) is 0 Å². The second kappa shape index (κ2) is 8.54. The molecule has 0 aromatic rings. The van der Waals surface area contributed by atoms with Crippen molar-refractivity contribution in [2.75, 3.05) is 39.8 Å². The summed E-state index contributed by atoms with van der Waals surface area (Å²) in [7, 11) is 1.89. The van der Waals surface area contributed by atoms with Gasteiger partial charge in [-0.1, -0.05) is 20.3 Å². The van der Waals surface area contributed by atoms with Gasteiger partial charge < -0.3 is 10.2 Å². The summed E-state index contributed by atoms with van der Waals surface area (Å²) in [6.45, 7) is 11.0. The highest BCUT2D eigenvalue weighted by atomic mass is 16.2. The van der Waals surface area contributed by atoms with Gasteiger partial charge in [-0.05, 0) is 38.8 Å². The number of carbonyl (C=O) groups excluding carboxylic acids is 1. The molecule has 0 aromatic carbocycles. The lowest BCUT2D eigenvalue weighted by Crippen LogP contribution is -2.50. The first kappa shape index (κ1) is 16.4. The summed E-state index contributed by atoms with van der Waals surface area (Å²) in [5.41, 5.74) is 0. The minimum atomic E-state index is 0.248. The molecule has 1 atom stereocenters. The Morgan fingerprint density at radius 3 is 2.79 bits per heavy atom. The van der Waals surface area contributed by atoms with Crippen LogP contribution in [0.4, 0.5) is 0 Å². The maximum Gasteiger partial charge on any atom is 0.236 e. The van der Waals surface area contributed by atoms with Crippen molar-refractivity contribution in [1.29, 1.82) is 0 Å². The van der Waals surface area contributed by atoms with Crippen LogP contribution in [0.1, 0.15) is 40.0 Å². The Kier molecular flexibility index (Phi) is 7.39. The van der Waals surface area contributed by atoms with E-state index in [0.29, 0.717) is 18.5 Å². The molecule has 1 unspecified atom stereocenters. The van der Waals surface area contributed by atoms with Gasteiger partial charge in [-0.2, -0.15) is 0 Å². The lowest BCUT2D eigenvalue weighted by atomic mass is 10.0. The Labute approximate surface area is 118 Å². The zero-order valence-corrected chi connectivity index (χ0v) is 13.1. The number of carbonyl (C=O) groups is 1. The largest absolute Gasteiger partial charge is 0.345 e. The Bertz CT molecular complexity index is 268. The number of likely N-dealkylation sites (N-methyl/N-ethyl adjacent to an activating group) is 1. The van der Waals surface area contributed by atoms with Gasteiger partial charge in [-0.25, -0.2) is 0 Å². The summed E-state index contributed by atoms with van der Waals surface area (Å²) in [4.78, 5) is 16.2. The van der Waals surface area contributed by atoms with E-state index < -0.39 is 0 Å². The molecule has 0 bridgehead atoms. The third-order valence-electron chi connectivity index (χ3n) is 3.92. The highest BCUT2D eigenvalue weighted by Gasteiger charge is 2.24. The zero-order chi connectivity index (χ0) is 14.3. The van der Waals surface area contributed by atoms with Crippen molar-refractivity contribution < 1.29 is 4.79 Å². The van der Waals surface area contributed by atoms with Gasteiger partial charge in [-0.15, -0.1) is 0 Å². The van der Waals surface area contributed by atoms with Crippen molar-refractivity contribution in [3.63, 3.8) is 0 Å². The fourth-order valence-electron chi connectivity index (χ4n) is 2.51. The fraction of sp³-hybridized carbons (Fsp3) is 0.933. The van der Waals surface area contributed by atoms with Crippen molar-refractivity contribution in [2.45, 2.75) is 46.1 Å². The minimum Gasteiger partial charge on any atom is -0.345 e. The number of piperidine rings is 1. The van der Waals surface area contributed by atoms with E-state index in [1.807, 2.05) is 18.9 Å². The molecule has 0 spiro atoms. The van der Waals surface area contributed by atoms with Gasteiger partial charge >= 0.3 is 0 Å². The smallest absolute Gasteiger partial charge is 0.236 e. The summed E-state index contributed by atoms with van der Waals surface area (Å²) in [6.07, 6.45) is 3.74. The van der Waals surface area contributed by atoms with Gasteiger partial charge in [0.25, 0.3) is 0 Å². The first-order chi connectivity index (χ1) is 9.04. The number of amides is 1. The molecule has 0 radical (unpaired) electrons. The molecule has 1 saturated heterocycles. The van der Waals surface area contributed by atoms with Crippen LogP contribution in [0.15, 0.2) is 0 Å². The Morgan fingerprint density at radius 2 is 2.16 bits per heavy atom. The molecule has 1 aliphatic rings. The van der Waals surface area contributed by atoms with Crippen molar-refractivity contribution in [3.8, 4) is 0 Å². The molecule has 1 rings (SSSR count). The molecule has 0 aromatic heterocycles. The summed E-state index contributed by atoms with van der Waals surface area (Å²) >= 11 is 0. The number of nitrogens with zero attached hydrogens (tertiary/aromatic N) is 2. The molecule has 19 heavy (non-hydrogen) atoms. The summed E-state index contributed by atoms with van der Waals surface area (Å²) < 4.78 is 0. The summed E-state index contributed by atoms with van der Waals surface area (Å²) in [5, 5.41) is 3.53. The number of rotatable bonds is 7. The Balaban J connectivity index is 2.41. The van der Waals surface area contributed by atoms with E-state index in [4.69, 9.17) is 0 Å². The molecular formula is C15H31N3O. The average Bonchev–Trinajstić information content (AvgIpc) is 2.39. The monoisotopic (exact) mass is 269 g/mol. The molecular weight excluding hydrogens is 238 g/mol. The van der Waals surface area contributed by atoms with Gasteiger partial charge in [0, 0.05) is 26.2 Å². The molecule has 1 N–H and O–H groups in total. The summed E-state index contributed by atoms with van der Waals surface area (Å²) in [5.74, 6) is 0.933. The normalized spacial score (nSPS) is 20.8. The standard InChI is InChI=1S/C15H31N3O/c1-5-17(4)15(19)12-18-9-7-6-8-14(18)11-16-10-13(2)3/h13-14,16H,5-12H2,1-4H3. The van der Waals surface area contributed by atoms with Crippen LogP contribution >= 0.6 is 0 Å². The van der Waals surface area contributed by atoms with Gasteiger partial charge in [0.05, 0.1) is 6.54 Å². The maximum absolute atomic E-state index is 12.0. The Morgan fingerprint density at radius 1 is 1.42 bits per heavy atom. The predicted octanol–water partition coefficient (Wildman–Crippen LogP) is 1.56. The molecule has 0 aliphatic carbocycles. The lowest BCUT2D eigenvalue weighted by Gasteiger charge is -2.36. The van der Waals surface area contributed by atoms with Crippen molar-refractivity contribution in [3.05, 3.63) is 0 Å². The third-order valence-corrected chi connectivity index (χ3v) is 3.92. The quantitative estimate of drug-likeness (QED) is 0.762. The topological polar surface area (TPSA) is 35.6 Å². The van der Waals surface area contributed by atoms with Crippen LogP contribution < -0.4 is 5.32 Å². The van der Waals surface area contributed by atoms with Crippen LogP contribution in [-0.2, 0) is 4.79 Å². The number of hydrogen-bond acceptors (Lipinski definition) is 3. The maximum atomic E-state index is 12.0. The van der Waals surface area contributed by atoms with Gasteiger partial charge in [0.2, 0.25) is 5.91 Å². The molecule has 4 heteroatoms. The van der Waals surface area contributed by atoms with E-state index >= 15 is 0 Å². The van der Waals surface area contributed by atoms with E-state index in [1.165, 1.54) is 19.3 Å². The highest BCUT2D eigenvalue weighted by Crippen LogP contribution is 2.16. The first-order valence-electron chi connectivity index (χ1n) is 7.73. The van der Waals surface area contributed by atoms with E-state index in [0.717, 1.165) is 26.2 Å². The van der Waals surface area contributed by atoms with Gasteiger partial charge in [-0.3, -0.25) is 9.69 Å². The van der Waals surface area contributed by atoms with Gasteiger partial charge in [0.1, 0.15) is 0 Å². The molecule has 1 heterocycles. The third kappa shape index (κ3) is 5.91. The molecule has 1 fully saturated rings. The van der Waals surface area contributed by atoms with E-state index in [-0.39, 0.29) is 5.91 Å². The number of hydrogen-bond donors (Lipinski definition) is 1. The Hall–Kier alpha value is -0.610. The SMILES string of the molecule is CCN(C)C(=O)CN1CCCCC1CNCC(C)C. The van der Waals surface area contributed by atoms with Gasteiger partial charge in [0.15, 0.2) is 0 Å². The minimum absolute atomic E-state index is 0.248. The van der Waals surface area contributed by atoms with Crippen molar-refractivity contribution in [2.24, 2.45) is 5.92 Å². The first-order valence-corrected chi connectivity index (χ1v) is 7.73. The predicted molar refractivity (Wildman–Crippen MR) is 80.2 cm³/mol. The molecule has 1 amide bonds. The lowest BCUT2D eigenvalue weighted by molar-refractivity contribution is -0.131. The number of likely N-dealkylation sites (tertiary alicyclic amines) is 1. The molecule has 0 saturated carbocycles. The fourth-order valence-corrected chi connectivity index (χ4v) is 2.51. The van der Waals surface area contributed by atoms with Crippen molar-refractivity contribution in [1.82, 2.24) is 15.1 Å². The molecule has 112 valence electrons. The average molecular weight is 269 g/mol. The zero-order valence-electron chi connectivity index (χ0n) is 13.1. The second-order valence-corrected chi connectivity index (χ2v) is 6.08. The van der Waals surface area contributed by atoms with Crippen LogP contribution in [0.3, 0.4) is 0 Å². The van der Waals surface area contributed by atoms with Crippen LogP contribution in [0.2, 0.25) is 0 Å². The highest BCUT2D eigenvalue weighted by molar-refractivity contribution is 5.78. The number of nitrogens with one attached hydrogen (secondary N) is 1. The van der Waals surface area contributed by atoms with E-state index in [9.17, 15) is 4.79 Å². The van der Waals surface area contributed by atoms with Crippen LogP contribution in [0.25, 0.3) is 0 Å².